The molecule has 0 saturated heterocycles. The molecule has 1 N–H and O–H groups in total. The zero-order chi connectivity index (χ0) is 23.6. The van der Waals surface area contributed by atoms with Gasteiger partial charge < -0.3 is 14.0 Å². The maximum Gasteiger partial charge on any atom is 0.411 e. The van der Waals surface area contributed by atoms with Gasteiger partial charge in [0, 0.05) is 29.4 Å². The smallest absolute Gasteiger partial charge is 0.411 e. The number of allylic oxidation sites excluding steroid dienone is 2. The molecule has 0 unspecified atom stereocenters. The van der Waals surface area contributed by atoms with Crippen LogP contribution in [0.15, 0.2) is 28.8 Å². The van der Waals surface area contributed by atoms with Gasteiger partial charge in [0.05, 0.1) is 12.1 Å². The normalized spacial score (nSPS) is 14.1. The highest BCUT2D eigenvalue weighted by atomic mass is 19.1. The Morgan fingerprint density at radius 3 is 2.53 bits per heavy atom. The quantitative estimate of drug-likeness (QED) is 0.672. The number of fused-ring (bicyclic) bond motifs is 1. The molecule has 1 aliphatic rings. The van der Waals surface area contributed by atoms with E-state index in [0.717, 1.165) is 12.5 Å². The standard InChI is InChI=1S/C24H29FN2O5/c1-6-27-13-17(22(29)31-7-2)21(28)16-11-18(25)15(12-20(16)27)14-9-8-10-19(14)26-23(30)32-24(3,4)5/h11-13H,6-10H2,1-5H3,(H,26,30). The van der Waals surface area contributed by atoms with E-state index < -0.39 is 28.9 Å². The number of esters is 1. The molecule has 0 spiro atoms. The summed E-state index contributed by atoms with van der Waals surface area (Å²) < 4.78 is 27.2. The van der Waals surface area contributed by atoms with Gasteiger partial charge in [0.1, 0.15) is 17.0 Å². The molecule has 32 heavy (non-hydrogen) atoms. The van der Waals surface area contributed by atoms with Gasteiger partial charge in [-0.2, -0.15) is 0 Å². The fourth-order valence-electron chi connectivity index (χ4n) is 3.86. The second kappa shape index (κ2) is 9.14. The van der Waals surface area contributed by atoms with Crippen LogP contribution in [0.25, 0.3) is 16.5 Å². The van der Waals surface area contributed by atoms with Crippen LogP contribution in [0.1, 0.15) is 69.8 Å². The van der Waals surface area contributed by atoms with Gasteiger partial charge in [-0.05, 0) is 71.6 Å². The molecular weight excluding hydrogens is 415 g/mol. The number of nitrogens with one attached hydrogen (secondary N) is 1. The Bertz CT molecular complexity index is 1160. The van der Waals surface area contributed by atoms with Crippen LogP contribution < -0.4 is 10.7 Å². The molecule has 0 fully saturated rings. The van der Waals surface area contributed by atoms with Gasteiger partial charge in [0.15, 0.2) is 0 Å². The van der Waals surface area contributed by atoms with Crippen molar-refractivity contribution in [3.8, 4) is 0 Å². The zero-order valence-electron chi connectivity index (χ0n) is 19.1. The summed E-state index contributed by atoms with van der Waals surface area (Å²) in [4.78, 5) is 37.3. The molecule has 3 rings (SSSR count). The maximum absolute atomic E-state index is 15.2. The molecule has 0 aliphatic heterocycles. The first-order valence-corrected chi connectivity index (χ1v) is 10.8. The van der Waals surface area contributed by atoms with Crippen LogP contribution in [0.3, 0.4) is 0 Å². The van der Waals surface area contributed by atoms with Crippen molar-refractivity contribution in [2.24, 2.45) is 0 Å². The van der Waals surface area contributed by atoms with E-state index in [1.807, 2.05) is 6.92 Å². The fraction of sp³-hybridized carbons (Fsp3) is 0.458. The van der Waals surface area contributed by atoms with E-state index in [-0.39, 0.29) is 17.6 Å². The zero-order valence-corrected chi connectivity index (χ0v) is 19.1. The summed E-state index contributed by atoms with van der Waals surface area (Å²) in [5.41, 5.74) is 0.794. The van der Waals surface area contributed by atoms with Crippen LogP contribution in [0, 0.1) is 5.82 Å². The van der Waals surface area contributed by atoms with Gasteiger partial charge in [0.2, 0.25) is 5.43 Å². The Morgan fingerprint density at radius 2 is 1.91 bits per heavy atom. The van der Waals surface area contributed by atoms with Crippen molar-refractivity contribution in [3.63, 3.8) is 0 Å². The van der Waals surface area contributed by atoms with Crippen molar-refractivity contribution >= 4 is 28.5 Å². The first-order chi connectivity index (χ1) is 15.1. The lowest BCUT2D eigenvalue weighted by atomic mass is 10.0. The molecule has 0 radical (unpaired) electrons. The predicted octanol–water partition coefficient (Wildman–Crippen LogP) is 4.76. The third-order valence-electron chi connectivity index (χ3n) is 5.20. The number of amides is 1. The number of aryl methyl sites for hydroxylation is 1. The Kier molecular flexibility index (Phi) is 6.71. The van der Waals surface area contributed by atoms with Gasteiger partial charge in [-0.1, -0.05) is 0 Å². The highest BCUT2D eigenvalue weighted by Gasteiger charge is 2.25. The summed E-state index contributed by atoms with van der Waals surface area (Å²) in [6, 6.07) is 2.78. The van der Waals surface area contributed by atoms with Gasteiger partial charge in [-0.15, -0.1) is 0 Å². The van der Waals surface area contributed by atoms with Crippen LogP contribution in [0.2, 0.25) is 0 Å². The SMILES string of the molecule is CCOC(=O)c1cn(CC)c2cc(C3=C(NC(=O)OC(C)(C)C)CCC3)c(F)cc2c1=O. The van der Waals surface area contributed by atoms with E-state index in [4.69, 9.17) is 9.47 Å². The minimum atomic E-state index is -0.728. The number of carbonyl (C=O) groups is 2. The third-order valence-corrected chi connectivity index (χ3v) is 5.20. The first kappa shape index (κ1) is 23.5. The van der Waals surface area contributed by atoms with Gasteiger partial charge in [-0.25, -0.2) is 14.0 Å². The van der Waals surface area contributed by atoms with Crippen molar-refractivity contribution in [3.05, 3.63) is 51.2 Å². The summed E-state index contributed by atoms with van der Waals surface area (Å²) in [5, 5.41) is 2.87. The molecule has 0 bridgehead atoms. The fourth-order valence-corrected chi connectivity index (χ4v) is 3.86. The van der Waals surface area contributed by atoms with Crippen molar-refractivity contribution in [2.75, 3.05) is 6.61 Å². The van der Waals surface area contributed by atoms with Crippen molar-refractivity contribution < 1.29 is 23.5 Å². The summed E-state index contributed by atoms with van der Waals surface area (Å²) >= 11 is 0. The molecule has 7 nitrogen and oxygen atoms in total. The van der Waals surface area contributed by atoms with Crippen LogP contribution in [-0.4, -0.2) is 28.8 Å². The summed E-state index contributed by atoms with van der Waals surface area (Å²) in [5.74, 6) is -1.31. The predicted molar refractivity (Wildman–Crippen MR) is 120 cm³/mol. The molecule has 1 aromatic heterocycles. The topological polar surface area (TPSA) is 86.6 Å². The lowest BCUT2D eigenvalue weighted by molar-refractivity contribution is 0.0519. The van der Waals surface area contributed by atoms with Crippen LogP contribution in [0.4, 0.5) is 9.18 Å². The Labute approximate surface area is 186 Å². The number of rotatable bonds is 5. The van der Waals surface area contributed by atoms with E-state index >= 15 is 4.39 Å². The highest BCUT2D eigenvalue weighted by molar-refractivity contribution is 5.94. The average molecular weight is 445 g/mol. The Balaban J connectivity index is 2.11. The lowest BCUT2D eigenvalue weighted by Gasteiger charge is -2.20. The molecule has 8 heteroatoms. The molecule has 0 saturated carbocycles. The molecule has 1 aliphatic carbocycles. The van der Waals surface area contributed by atoms with Crippen molar-refractivity contribution in [1.82, 2.24) is 9.88 Å². The van der Waals surface area contributed by atoms with Gasteiger partial charge >= 0.3 is 12.1 Å². The average Bonchev–Trinajstić information content (AvgIpc) is 3.14. The number of halogens is 1. The number of ether oxygens (including phenoxy) is 2. The molecule has 1 amide bonds. The van der Waals surface area contributed by atoms with Crippen LogP contribution in [0.5, 0.6) is 0 Å². The molecule has 2 aromatic rings. The van der Waals surface area contributed by atoms with E-state index in [2.05, 4.69) is 5.32 Å². The number of nitrogens with zero attached hydrogens (tertiary/aromatic N) is 1. The largest absolute Gasteiger partial charge is 0.462 e. The number of benzene rings is 1. The number of pyridine rings is 1. The lowest BCUT2D eigenvalue weighted by Crippen LogP contribution is -2.32. The van der Waals surface area contributed by atoms with Crippen molar-refractivity contribution in [1.29, 1.82) is 0 Å². The molecule has 172 valence electrons. The number of carbonyl (C=O) groups excluding carboxylic acids is 2. The monoisotopic (exact) mass is 444 g/mol. The Hall–Kier alpha value is -3.16. The molecule has 1 aromatic carbocycles. The van der Waals surface area contributed by atoms with E-state index in [9.17, 15) is 14.4 Å². The number of alkyl carbamates (subject to hydrolysis) is 1. The number of aromatic nitrogens is 1. The molecule has 1 heterocycles. The van der Waals surface area contributed by atoms with Crippen molar-refractivity contribution in [2.45, 2.75) is 66.0 Å². The number of hydrogen-bond donors (Lipinski definition) is 1. The summed E-state index contributed by atoms with van der Waals surface area (Å²) in [6.45, 7) is 9.44. The minimum Gasteiger partial charge on any atom is -0.462 e. The second-order valence-corrected chi connectivity index (χ2v) is 8.67. The minimum absolute atomic E-state index is 0.110. The number of hydrogen-bond acceptors (Lipinski definition) is 5. The van der Waals surface area contributed by atoms with E-state index in [1.54, 1.807) is 38.3 Å². The second-order valence-electron chi connectivity index (χ2n) is 8.67. The van der Waals surface area contributed by atoms with E-state index in [0.29, 0.717) is 41.7 Å². The summed E-state index contributed by atoms with van der Waals surface area (Å²) in [6.07, 6.45) is 2.81. The van der Waals surface area contributed by atoms with E-state index in [1.165, 1.54) is 6.20 Å². The third kappa shape index (κ3) is 4.84. The van der Waals surface area contributed by atoms with Crippen LogP contribution >= 0.6 is 0 Å². The highest BCUT2D eigenvalue weighted by Crippen LogP contribution is 2.35. The van der Waals surface area contributed by atoms with Crippen LogP contribution in [-0.2, 0) is 16.0 Å². The molecule has 0 atom stereocenters. The molecular formula is C24H29FN2O5. The Morgan fingerprint density at radius 1 is 1.19 bits per heavy atom. The first-order valence-electron chi connectivity index (χ1n) is 10.8. The van der Waals surface area contributed by atoms with Gasteiger partial charge in [-0.3, -0.25) is 10.1 Å². The summed E-state index contributed by atoms with van der Waals surface area (Å²) in [7, 11) is 0. The van der Waals surface area contributed by atoms with Gasteiger partial charge in [0.25, 0.3) is 0 Å². The maximum atomic E-state index is 15.2.